The first-order chi connectivity index (χ1) is 12.2. The number of fused-ring (bicyclic) bond motifs is 1. The molecular formula is C18H27N3O4. The average Bonchev–Trinajstić information content (AvgIpc) is 3.35. The lowest BCUT2D eigenvalue weighted by atomic mass is 10.0. The highest BCUT2D eigenvalue weighted by atomic mass is 16.5. The Labute approximate surface area is 148 Å². The van der Waals surface area contributed by atoms with Crippen LogP contribution in [-0.2, 0) is 9.47 Å². The van der Waals surface area contributed by atoms with Crippen molar-refractivity contribution >= 4 is 5.91 Å². The van der Waals surface area contributed by atoms with Crippen LogP contribution in [0.25, 0.3) is 0 Å². The van der Waals surface area contributed by atoms with Crippen molar-refractivity contribution in [3.8, 4) is 0 Å². The number of hydrogen-bond donors (Lipinski definition) is 0. The molecule has 0 aromatic carbocycles. The van der Waals surface area contributed by atoms with Crippen molar-refractivity contribution in [1.82, 2.24) is 15.0 Å². The summed E-state index contributed by atoms with van der Waals surface area (Å²) in [5, 5.41) is 3.74. The van der Waals surface area contributed by atoms with E-state index in [1.807, 2.05) is 4.90 Å². The molecule has 0 bridgehead atoms. The molecule has 0 saturated carbocycles. The number of likely N-dealkylation sites (tertiary alicyclic amines) is 2. The van der Waals surface area contributed by atoms with Gasteiger partial charge in [-0.25, -0.2) is 0 Å². The molecule has 3 aliphatic rings. The molecule has 4 heterocycles. The monoisotopic (exact) mass is 349 g/mol. The van der Waals surface area contributed by atoms with E-state index in [1.165, 1.54) is 32.1 Å². The molecule has 1 aromatic heterocycles. The lowest BCUT2D eigenvalue weighted by molar-refractivity contribution is -0.0782. The van der Waals surface area contributed by atoms with Crippen LogP contribution in [0, 0.1) is 6.92 Å². The summed E-state index contributed by atoms with van der Waals surface area (Å²) in [7, 11) is 0. The second kappa shape index (κ2) is 7.43. The fourth-order valence-corrected chi connectivity index (χ4v) is 4.29. The van der Waals surface area contributed by atoms with Crippen LogP contribution in [-0.4, -0.2) is 78.5 Å². The summed E-state index contributed by atoms with van der Waals surface area (Å²) in [6.07, 6.45) is 5.97. The molecule has 0 N–H and O–H groups in total. The second-order valence-electron chi connectivity index (χ2n) is 7.26. The van der Waals surface area contributed by atoms with Crippen LogP contribution in [0.4, 0.5) is 0 Å². The number of carbonyl (C=O) groups is 1. The Morgan fingerprint density at radius 2 is 2.20 bits per heavy atom. The van der Waals surface area contributed by atoms with Crippen LogP contribution < -0.4 is 0 Å². The van der Waals surface area contributed by atoms with Gasteiger partial charge in [0.05, 0.1) is 25.4 Å². The van der Waals surface area contributed by atoms with Crippen LogP contribution in [0.2, 0.25) is 0 Å². The molecule has 1 aromatic rings. The number of carbonyl (C=O) groups excluding carboxylic acids is 1. The Kier molecular flexibility index (Phi) is 5.05. The number of rotatable bonds is 5. The van der Waals surface area contributed by atoms with Crippen molar-refractivity contribution in [2.24, 2.45) is 0 Å². The minimum atomic E-state index is -0.0444. The van der Waals surface area contributed by atoms with Crippen molar-refractivity contribution in [1.29, 1.82) is 0 Å². The molecular weight excluding hydrogens is 322 g/mol. The first kappa shape index (κ1) is 17.0. The number of aromatic nitrogens is 1. The van der Waals surface area contributed by atoms with E-state index in [0.29, 0.717) is 24.5 Å². The van der Waals surface area contributed by atoms with Gasteiger partial charge in [-0.15, -0.1) is 0 Å². The predicted octanol–water partition coefficient (Wildman–Crippen LogP) is 1.47. The van der Waals surface area contributed by atoms with Gasteiger partial charge in [-0.05, 0) is 45.7 Å². The molecule has 4 rings (SSSR count). The van der Waals surface area contributed by atoms with Crippen LogP contribution in [0.5, 0.6) is 0 Å². The van der Waals surface area contributed by atoms with E-state index in [1.54, 1.807) is 6.92 Å². The van der Waals surface area contributed by atoms with Gasteiger partial charge in [0, 0.05) is 13.2 Å². The highest BCUT2D eigenvalue weighted by Gasteiger charge is 2.47. The average molecular weight is 349 g/mol. The van der Waals surface area contributed by atoms with E-state index in [2.05, 4.69) is 10.1 Å². The maximum atomic E-state index is 12.9. The third kappa shape index (κ3) is 3.45. The molecule has 3 saturated heterocycles. The topological polar surface area (TPSA) is 68.0 Å². The minimum Gasteiger partial charge on any atom is -0.373 e. The van der Waals surface area contributed by atoms with E-state index in [-0.39, 0.29) is 24.2 Å². The van der Waals surface area contributed by atoms with Gasteiger partial charge in [-0.3, -0.25) is 4.79 Å². The van der Waals surface area contributed by atoms with Gasteiger partial charge in [0.1, 0.15) is 23.5 Å². The van der Waals surface area contributed by atoms with Crippen molar-refractivity contribution in [3.05, 3.63) is 17.5 Å². The molecule has 0 spiro atoms. The molecule has 1 amide bonds. The van der Waals surface area contributed by atoms with Crippen LogP contribution in [0.1, 0.15) is 41.8 Å². The Morgan fingerprint density at radius 1 is 1.36 bits per heavy atom. The Morgan fingerprint density at radius 3 is 2.96 bits per heavy atom. The normalized spacial score (nSPS) is 30.0. The van der Waals surface area contributed by atoms with Gasteiger partial charge >= 0.3 is 0 Å². The summed E-state index contributed by atoms with van der Waals surface area (Å²) in [5.74, 6) is 0.543. The minimum absolute atomic E-state index is 0.0172. The van der Waals surface area contributed by atoms with Crippen LogP contribution in [0.3, 0.4) is 0 Å². The molecule has 3 atom stereocenters. The summed E-state index contributed by atoms with van der Waals surface area (Å²) >= 11 is 0. The molecule has 138 valence electrons. The third-order valence-corrected chi connectivity index (χ3v) is 5.66. The standard InChI is InChI=1S/C18H27N3O4/c1-13-14(11-19-25-13)18(22)21-12-16(17-15(21)5-4-9-24-17)23-10-8-20-6-2-3-7-20/h11,15-17H,2-10,12H2,1H3/t15-,16+,17+/m0/s1. The lowest BCUT2D eigenvalue weighted by Crippen LogP contribution is -2.44. The van der Waals surface area contributed by atoms with E-state index in [9.17, 15) is 4.79 Å². The van der Waals surface area contributed by atoms with E-state index in [4.69, 9.17) is 14.0 Å². The maximum absolute atomic E-state index is 12.9. The van der Waals surface area contributed by atoms with Crippen LogP contribution in [0.15, 0.2) is 10.7 Å². The molecule has 0 radical (unpaired) electrons. The largest absolute Gasteiger partial charge is 0.373 e. The zero-order chi connectivity index (χ0) is 17.2. The zero-order valence-electron chi connectivity index (χ0n) is 14.9. The lowest BCUT2D eigenvalue weighted by Gasteiger charge is -2.32. The molecule has 0 aliphatic carbocycles. The maximum Gasteiger partial charge on any atom is 0.259 e. The van der Waals surface area contributed by atoms with Gasteiger partial charge in [-0.1, -0.05) is 5.16 Å². The number of amides is 1. The first-order valence-corrected chi connectivity index (χ1v) is 9.42. The number of aryl methyl sites for hydroxylation is 1. The highest BCUT2D eigenvalue weighted by Crippen LogP contribution is 2.32. The second-order valence-corrected chi connectivity index (χ2v) is 7.26. The van der Waals surface area contributed by atoms with Gasteiger partial charge in [0.2, 0.25) is 0 Å². The van der Waals surface area contributed by atoms with Crippen molar-refractivity contribution < 1.29 is 18.8 Å². The molecule has 7 heteroatoms. The SMILES string of the molecule is Cc1oncc1C(=O)N1C[C@@H](OCCN2CCCC2)[C@@H]2OCCC[C@@H]21. The summed E-state index contributed by atoms with van der Waals surface area (Å²) in [6.45, 7) is 7.12. The summed E-state index contributed by atoms with van der Waals surface area (Å²) in [4.78, 5) is 17.3. The molecule has 7 nitrogen and oxygen atoms in total. The summed E-state index contributed by atoms with van der Waals surface area (Å²) in [6, 6.07) is 0.0901. The Balaban J connectivity index is 1.40. The van der Waals surface area contributed by atoms with Gasteiger partial charge in [0.25, 0.3) is 5.91 Å². The number of ether oxygens (including phenoxy) is 2. The number of nitrogens with zero attached hydrogens (tertiary/aromatic N) is 3. The van der Waals surface area contributed by atoms with Crippen molar-refractivity contribution in [2.45, 2.75) is 50.9 Å². The fourth-order valence-electron chi connectivity index (χ4n) is 4.29. The molecule has 0 unspecified atom stereocenters. The predicted molar refractivity (Wildman–Crippen MR) is 90.5 cm³/mol. The van der Waals surface area contributed by atoms with Gasteiger partial charge in [0.15, 0.2) is 0 Å². The Bertz CT molecular complexity index is 599. The van der Waals surface area contributed by atoms with E-state index < -0.39 is 0 Å². The molecule has 25 heavy (non-hydrogen) atoms. The molecule has 3 aliphatic heterocycles. The van der Waals surface area contributed by atoms with Crippen molar-refractivity contribution in [2.75, 3.05) is 39.4 Å². The summed E-state index contributed by atoms with van der Waals surface area (Å²) in [5.41, 5.74) is 0.544. The number of hydrogen-bond acceptors (Lipinski definition) is 6. The fraction of sp³-hybridized carbons (Fsp3) is 0.778. The van der Waals surface area contributed by atoms with Crippen molar-refractivity contribution in [3.63, 3.8) is 0 Å². The van der Waals surface area contributed by atoms with E-state index in [0.717, 1.165) is 26.0 Å². The van der Waals surface area contributed by atoms with E-state index >= 15 is 0 Å². The highest BCUT2D eigenvalue weighted by molar-refractivity contribution is 5.95. The third-order valence-electron chi connectivity index (χ3n) is 5.66. The first-order valence-electron chi connectivity index (χ1n) is 9.42. The van der Waals surface area contributed by atoms with Gasteiger partial charge < -0.3 is 23.8 Å². The van der Waals surface area contributed by atoms with Gasteiger partial charge in [-0.2, -0.15) is 0 Å². The molecule has 3 fully saturated rings. The zero-order valence-corrected chi connectivity index (χ0v) is 14.9. The quantitative estimate of drug-likeness (QED) is 0.802. The van der Waals surface area contributed by atoms with Crippen LogP contribution >= 0.6 is 0 Å². The summed E-state index contributed by atoms with van der Waals surface area (Å²) < 4.78 is 17.2. The smallest absolute Gasteiger partial charge is 0.259 e. The Hall–Kier alpha value is -1.44.